The summed E-state index contributed by atoms with van der Waals surface area (Å²) in [5.74, 6) is 0.994. The molecule has 0 unspecified atom stereocenters. The fourth-order valence-electron chi connectivity index (χ4n) is 4.95. The van der Waals surface area contributed by atoms with Gasteiger partial charge in [-0.3, -0.25) is 4.79 Å². The van der Waals surface area contributed by atoms with Gasteiger partial charge < -0.3 is 35.2 Å². The van der Waals surface area contributed by atoms with Gasteiger partial charge in [0.1, 0.15) is 0 Å². The highest BCUT2D eigenvalue weighted by Crippen LogP contribution is 2.27. The summed E-state index contributed by atoms with van der Waals surface area (Å²) in [6, 6.07) is 10.4. The quantitative estimate of drug-likeness (QED) is 0.442. The van der Waals surface area contributed by atoms with E-state index in [1.165, 1.54) is 0 Å². The summed E-state index contributed by atoms with van der Waals surface area (Å²) in [4.78, 5) is 30.1. The van der Waals surface area contributed by atoms with Crippen molar-refractivity contribution >= 4 is 51.3 Å². The molecule has 2 saturated heterocycles. The first kappa shape index (κ1) is 25.3. The second-order valence-electron chi connectivity index (χ2n) is 10.1. The zero-order valence-electron chi connectivity index (χ0n) is 21.8. The largest absolute Gasteiger partial charge is 0.380 e. The van der Waals surface area contributed by atoms with Crippen molar-refractivity contribution < 1.29 is 4.79 Å². The minimum atomic E-state index is 0.0474. The topological polar surface area (TPSA) is 82.8 Å². The number of thiocarbonyl (C=S) groups is 1. The second-order valence-corrected chi connectivity index (χ2v) is 10.5. The van der Waals surface area contributed by atoms with E-state index in [0.29, 0.717) is 24.7 Å². The molecule has 3 aromatic rings. The Bertz CT molecular complexity index is 1260. The van der Waals surface area contributed by atoms with Crippen LogP contribution in [0.5, 0.6) is 0 Å². The van der Waals surface area contributed by atoms with E-state index in [9.17, 15) is 4.79 Å². The van der Waals surface area contributed by atoms with E-state index in [0.717, 1.165) is 72.5 Å². The first-order chi connectivity index (χ1) is 17.9. The van der Waals surface area contributed by atoms with Crippen LogP contribution in [0.1, 0.15) is 24.2 Å². The lowest BCUT2D eigenvalue weighted by Gasteiger charge is -2.36. The van der Waals surface area contributed by atoms with E-state index < -0.39 is 0 Å². The summed E-state index contributed by atoms with van der Waals surface area (Å²) < 4.78 is 0. The smallest absolute Gasteiger partial charge is 0.256 e. The first-order valence-electron chi connectivity index (χ1n) is 13.0. The van der Waals surface area contributed by atoms with Crippen LogP contribution >= 0.6 is 12.2 Å². The molecule has 0 spiro atoms. The summed E-state index contributed by atoms with van der Waals surface area (Å²) in [5, 5.41) is 8.50. The van der Waals surface area contributed by atoms with Crippen LogP contribution < -0.4 is 15.5 Å². The molecule has 5 rings (SSSR count). The minimum Gasteiger partial charge on any atom is -0.380 e. The zero-order chi connectivity index (χ0) is 25.9. The van der Waals surface area contributed by atoms with E-state index in [1.807, 2.05) is 41.6 Å². The van der Waals surface area contributed by atoms with Gasteiger partial charge in [-0.05, 0) is 63.4 Å². The molecule has 196 valence electrons. The molecule has 2 fully saturated rings. The van der Waals surface area contributed by atoms with Gasteiger partial charge in [0.15, 0.2) is 10.9 Å². The molecule has 10 heteroatoms. The van der Waals surface area contributed by atoms with Gasteiger partial charge in [-0.1, -0.05) is 0 Å². The number of H-pyrrole nitrogens is 1. The highest BCUT2D eigenvalue weighted by Gasteiger charge is 2.26. The molecule has 0 saturated carbocycles. The summed E-state index contributed by atoms with van der Waals surface area (Å²) in [5.41, 5.74) is 3.56. The third-order valence-electron chi connectivity index (χ3n) is 7.05. The van der Waals surface area contributed by atoms with Gasteiger partial charge in [0.05, 0.1) is 11.3 Å². The predicted molar refractivity (Wildman–Crippen MR) is 155 cm³/mol. The van der Waals surface area contributed by atoms with Crippen LogP contribution in [0, 0.1) is 0 Å². The monoisotopic (exact) mass is 520 g/mol. The SMILES string of the molecule is CC(C)Nc1cccnc1N1CCN(C(=O)c2c[nH]c3ccc(NC(=S)N4CCN(C)CC4)cc23)CC1. The molecule has 37 heavy (non-hydrogen) atoms. The van der Waals surface area contributed by atoms with Crippen LogP contribution in [0.2, 0.25) is 0 Å². The molecular formula is C27H36N8OS. The standard InChI is InChI=1S/C27H36N8OS/c1-19(2)30-24-5-4-8-28-25(24)33-13-15-34(16-14-33)26(36)22-18-29-23-7-6-20(17-21(22)23)31-27(37)35-11-9-32(3)10-12-35/h4-8,17-19,29-30H,9-16H2,1-3H3,(H,31,37). The van der Waals surface area contributed by atoms with Crippen LogP contribution in [0.4, 0.5) is 17.2 Å². The first-order valence-corrected chi connectivity index (χ1v) is 13.4. The number of likely N-dealkylation sites (N-methyl/N-ethyl adjacent to an activating group) is 1. The average molecular weight is 521 g/mol. The number of rotatable bonds is 5. The van der Waals surface area contributed by atoms with E-state index >= 15 is 0 Å². The Hall–Kier alpha value is -3.37. The van der Waals surface area contributed by atoms with Gasteiger partial charge >= 0.3 is 0 Å². The van der Waals surface area contributed by atoms with Gasteiger partial charge in [-0.2, -0.15) is 0 Å². The number of carbonyl (C=O) groups is 1. The maximum Gasteiger partial charge on any atom is 0.256 e. The number of nitrogens with one attached hydrogen (secondary N) is 3. The van der Waals surface area contributed by atoms with Crippen molar-refractivity contribution in [1.29, 1.82) is 0 Å². The van der Waals surface area contributed by atoms with Crippen molar-refractivity contribution in [2.75, 3.05) is 74.9 Å². The van der Waals surface area contributed by atoms with Crippen LogP contribution in [0.25, 0.3) is 10.9 Å². The summed E-state index contributed by atoms with van der Waals surface area (Å²) in [7, 11) is 2.13. The molecule has 2 aliphatic heterocycles. The lowest BCUT2D eigenvalue weighted by molar-refractivity contribution is 0.0748. The highest BCUT2D eigenvalue weighted by atomic mass is 32.1. The number of hydrogen-bond donors (Lipinski definition) is 3. The van der Waals surface area contributed by atoms with E-state index in [2.05, 4.69) is 62.3 Å². The molecule has 0 bridgehead atoms. The molecule has 2 aromatic heterocycles. The maximum absolute atomic E-state index is 13.5. The molecule has 9 nitrogen and oxygen atoms in total. The van der Waals surface area contributed by atoms with E-state index in [-0.39, 0.29) is 5.91 Å². The molecule has 1 amide bonds. The molecule has 0 atom stereocenters. The van der Waals surface area contributed by atoms with E-state index in [1.54, 1.807) is 0 Å². The molecule has 0 aliphatic carbocycles. The molecule has 4 heterocycles. The summed E-state index contributed by atoms with van der Waals surface area (Å²) >= 11 is 5.67. The van der Waals surface area contributed by atoms with E-state index in [4.69, 9.17) is 12.2 Å². The van der Waals surface area contributed by atoms with Gasteiger partial charge in [0, 0.05) is 87.4 Å². The Morgan fingerprint density at radius 3 is 2.49 bits per heavy atom. The Balaban J connectivity index is 1.25. The Morgan fingerprint density at radius 2 is 1.76 bits per heavy atom. The van der Waals surface area contributed by atoms with Gasteiger partial charge in [0.2, 0.25) is 0 Å². The minimum absolute atomic E-state index is 0.0474. The van der Waals surface area contributed by atoms with Crippen LogP contribution in [0.3, 0.4) is 0 Å². The number of fused-ring (bicyclic) bond motifs is 1. The number of hydrogen-bond acceptors (Lipinski definition) is 6. The number of anilines is 3. The van der Waals surface area contributed by atoms with Crippen molar-refractivity contribution in [3.8, 4) is 0 Å². The number of carbonyl (C=O) groups excluding carboxylic acids is 1. The fraction of sp³-hybridized carbons (Fsp3) is 0.444. The van der Waals surface area contributed by atoms with Crippen molar-refractivity contribution in [2.24, 2.45) is 0 Å². The van der Waals surface area contributed by atoms with Crippen molar-refractivity contribution in [3.63, 3.8) is 0 Å². The molecular weight excluding hydrogens is 484 g/mol. The molecule has 1 aromatic carbocycles. The highest BCUT2D eigenvalue weighted by molar-refractivity contribution is 7.80. The third kappa shape index (κ3) is 5.65. The second kappa shape index (κ2) is 10.9. The number of pyridine rings is 1. The van der Waals surface area contributed by atoms with Gasteiger partial charge in [-0.15, -0.1) is 0 Å². The Kier molecular flexibility index (Phi) is 7.48. The summed E-state index contributed by atoms with van der Waals surface area (Å²) in [6.07, 6.45) is 3.65. The maximum atomic E-state index is 13.5. The van der Waals surface area contributed by atoms with Crippen LogP contribution in [-0.4, -0.2) is 101 Å². The molecule has 0 radical (unpaired) electrons. The van der Waals surface area contributed by atoms with Crippen LogP contribution in [0.15, 0.2) is 42.7 Å². The average Bonchev–Trinajstić information content (AvgIpc) is 3.32. The lowest BCUT2D eigenvalue weighted by Crippen LogP contribution is -2.49. The Labute approximate surface area is 223 Å². The molecule has 3 N–H and O–H groups in total. The third-order valence-corrected chi connectivity index (χ3v) is 7.41. The molecule has 2 aliphatic rings. The van der Waals surface area contributed by atoms with Crippen molar-refractivity contribution in [2.45, 2.75) is 19.9 Å². The number of benzene rings is 1. The fourth-order valence-corrected chi connectivity index (χ4v) is 5.25. The normalized spacial score (nSPS) is 16.9. The Morgan fingerprint density at radius 1 is 1.03 bits per heavy atom. The van der Waals surface area contributed by atoms with Gasteiger partial charge in [0.25, 0.3) is 5.91 Å². The summed E-state index contributed by atoms with van der Waals surface area (Å²) in [6.45, 7) is 10.8. The number of nitrogens with zero attached hydrogens (tertiary/aromatic N) is 5. The zero-order valence-corrected chi connectivity index (χ0v) is 22.6. The number of amides is 1. The van der Waals surface area contributed by atoms with Crippen LogP contribution in [-0.2, 0) is 0 Å². The predicted octanol–water partition coefficient (Wildman–Crippen LogP) is 3.29. The lowest BCUT2D eigenvalue weighted by atomic mass is 10.1. The van der Waals surface area contributed by atoms with Crippen molar-refractivity contribution in [1.82, 2.24) is 24.7 Å². The van der Waals surface area contributed by atoms with Crippen molar-refractivity contribution in [3.05, 3.63) is 48.3 Å². The number of aromatic amines is 1. The number of piperazine rings is 2. The van der Waals surface area contributed by atoms with Gasteiger partial charge in [-0.25, -0.2) is 4.98 Å². The number of aromatic nitrogens is 2.